The molecule has 20 heavy (non-hydrogen) atoms. The van der Waals surface area contributed by atoms with Gasteiger partial charge in [-0.05, 0) is 30.8 Å². The van der Waals surface area contributed by atoms with Crippen LogP contribution in [0, 0.1) is 0 Å². The van der Waals surface area contributed by atoms with Gasteiger partial charge in [-0.2, -0.15) is 0 Å². The van der Waals surface area contributed by atoms with Gasteiger partial charge in [-0.15, -0.1) is 0 Å². The number of ether oxygens (including phenoxy) is 1. The number of quaternary nitrogens is 1. The number of nitrogens with zero attached hydrogens (tertiary/aromatic N) is 1. The molecule has 110 valence electrons. The molecule has 1 aliphatic rings. The molecule has 1 aromatic carbocycles. The SMILES string of the molecule is COCCCNC(=S)N1CC[NH+](c2ccccc2)CC1. The van der Waals surface area contributed by atoms with Gasteiger partial charge in [0.2, 0.25) is 0 Å². The van der Waals surface area contributed by atoms with Gasteiger partial charge in [0.05, 0.1) is 26.2 Å². The van der Waals surface area contributed by atoms with Gasteiger partial charge < -0.3 is 15.0 Å². The van der Waals surface area contributed by atoms with Crippen molar-refractivity contribution in [3.8, 4) is 0 Å². The molecule has 0 unspecified atom stereocenters. The molecule has 0 atom stereocenters. The first-order valence-corrected chi connectivity index (χ1v) is 7.64. The van der Waals surface area contributed by atoms with E-state index in [2.05, 4.69) is 40.5 Å². The second-order valence-corrected chi connectivity index (χ2v) is 5.42. The number of rotatable bonds is 5. The molecule has 0 bridgehead atoms. The van der Waals surface area contributed by atoms with E-state index in [-0.39, 0.29) is 0 Å². The largest absolute Gasteiger partial charge is 0.385 e. The molecule has 0 saturated carbocycles. The summed E-state index contributed by atoms with van der Waals surface area (Å²) in [5.41, 5.74) is 1.38. The maximum Gasteiger partial charge on any atom is 0.169 e. The highest BCUT2D eigenvalue weighted by atomic mass is 32.1. The van der Waals surface area contributed by atoms with Crippen LogP contribution in [0.15, 0.2) is 30.3 Å². The monoisotopic (exact) mass is 294 g/mol. The number of thiocarbonyl (C=S) groups is 1. The van der Waals surface area contributed by atoms with Crippen molar-refractivity contribution in [2.45, 2.75) is 6.42 Å². The summed E-state index contributed by atoms with van der Waals surface area (Å²) in [5.74, 6) is 0. The van der Waals surface area contributed by atoms with Crippen LogP contribution in [0.2, 0.25) is 0 Å². The molecule has 2 N–H and O–H groups in total. The highest BCUT2D eigenvalue weighted by Crippen LogP contribution is 2.01. The Morgan fingerprint density at radius 2 is 2.00 bits per heavy atom. The van der Waals surface area contributed by atoms with Gasteiger partial charge in [-0.1, -0.05) is 18.2 Å². The van der Waals surface area contributed by atoms with E-state index in [1.165, 1.54) is 5.69 Å². The Hall–Kier alpha value is -1.17. The Labute approximate surface area is 126 Å². The smallest absolute Gasteiger partial charge is 0.169 e. The van der Waals surface area contributed by atoms with E-state index in [0.29, 0.717) is 0 Å². The molecular weight excluding hydrogens is 270 g/mol. The van der Waals surface area contributed by atoms with Crippen LogP contribution in [0.3, 0.4) is 0 Å². The van der Waals surface area contributed by atoms with Crippen molar-refractivity contribution in [2.75, 3.05) is 46.4 Å². The number of piperazine rings is 1. The molecule has 0 spiro atoms. The van der Waals surface area contributed by atoms with Crippen LogP contribution >= 0.6 is 12.2 Å². The molecular formula is C15H24N3OS+. The van der Waals surface area contributed by atoms with Crippen LogP contribution < -0.4 is 10.2 Å². The van der Waals surface area contributed by atoms with Crippen molar-refractivity contribution < 1.29 is 9.64 Å². The quantitative estimate of drug-likeness (QED) is 0.609. The van der Waals surface area contributed by atoms with Crippen molar-refractivity contribution in [3.05, 3.63) is 30.3 Å². The van der Waals surface area contributed by atoms with E-state index in [1.54, 1.807) is 12.0 Å². The Kier molecular flexibility index (Phi) is 6.24. The van der Waals surface area contributed by atoms with Crippen LogP contribution in [-0.4, -0.2) is 56.5 Å². The standard InChI is InChI=1S/C15H23N3OS/c1-19-13-5-8-16-15(20)18-11-9-17(10-12-18)14-6-3-2-4-7-14/h2-4,6-7H,5,8-13H2,1H3,(H,16,20)/p+1. The predicted molar refractivity (Wildman–Crippen MR) is 85.5 cm³/mol. The molecule has 1 aliphatic heterocycles. The fourth-order valence-electron chi connectivity index (χ4n) is 2.47. The molecule has 1 aromatic rings. The molecule has 5 heteroatoms. The zero-order valence-corrected chi connectivity index (χ0v) is 12.9. The molecule has 1 fully saturated rings. The fourth-order valence-corrected chi connectivity index (χ4v) is 2.75. The molecule has 1 heterocycles. The fraction of sp³-hybridized carbons (Fsp3) is 0.533. The number of hydrogen-bond donors (Lipinski definition) is 2. The third kappa shape index (κ3) is 4.44. The van der Waals surface area contributed by atoms with E-state index in [0.717, 1.165) is 50.9 Å². The number of nitrogens with one attached hydrogen (secondary N) is 2. The van der Waals surface area contributed by atoms with Crippen LogP contribution in [0.1, 0.15) is 6.42 Å². The van der Waals surface area contributed by atoms with Crippen molar-refractivity contribution in [1.82, 2.24) is 10.2 Å². The van der Waals surface area contributed by atoms with Crippen molar-refractivity contribution in [2.24, 2.45) is 0 Å². The maximum absolute atomic E-state index is 5.44. The topological polar surface area (TPSA) is 28.9 Å². The highest BCUT2D eigenvalue weighted by molar-refractivity contribution is 7.80. The van der Waals surface area contributed by atoms with Crippen LogP contribution in [-0.2, 0) is 4.74 Å². The second kappa shape index (κ2) is 8.19. The van der Waals surface area contributed by atoms with Gasteiger partial charge in [0, 0.05) is 20.3 Å². The molecule has 2 rings (SSSR count). The highest BCUT2D eigenvalue weighted by Gasteiger charge is 2.22. The summed E-state index contributed by atoms with van der Waals surface area (Å²) in [4.78, 5) is 3.82. The third-order valence-electron chi connectivity index (χ3n) is 3.64. The normalized spacial score (nSPS) is 16.1. The lowest BCUT2D eigenvalue weighted by molar-refractivity contribution is -0.837. The zero-order valence-electron chi connectivity index (χ0n) is 12.1. The number of methoxy groups -OCH3 is 1. The van der Waals surface area contributed by atoms with Crippen LogP contribution in [0.25, 0.3) is 0 Å². The average molecular weight is 294 g/mol. The van der Waals surface area contributed by atoms with Crippen molar-refractivity contribution >= 4 is 23.0 Å². The molecule has 4 nitrogen and oxygen atoms in total. The number of hydrogen-bond acceptors (Lipinski definition) is 2. The Morgan fingerprint density at radius 3 is 2.65 bits per heavy atom. The van der Waals surface area contributed by atoms with E-state index >= 15 is 0 Å². The van der Waals surface area contributed by atoms with Gasteiger partial charge in [0.15, 0.2) is 5.11 Å². The first kappa shape index (κ1) is 15.2. The molecule has 0 radical (unpaired) electrons. The molecule has 0 amide bonds. The van der Waals surface area contributed by atoms with Gasteiger partial charge in [-0.25, -0.2) is 0 Å². The van der Waals surface area contributed by atoms with Crippen molar-refractivity contribution in [1.29, 1.82) is 0 Å². The van der Waals surface area contributed by atoms with Gasteiger partial charge in [-0.3, -0.25) is 4.90 Å². The lowest BCUT2D eigenvalue weighted by atomic mass is 10.2. The number of para-hydroxylation sites is 1. The summed E-state index contributed by atoms with van der Waals surface area (Å²) >= 11 is 5.44. The summed E-state index contributed by atoms with van der Waals surface area (Å²) < 4.78 is 5.03. The zero-order chi connectivity index (χ0) is 14.2. The summed E-state index contributed by atoms with van der Waals surface area (Å²) in [6.45, 7) is 5.90. The van der Waals surface area contributed by atoms with Gasteiger partial charge in [0.1, 0.15) is 5.69 Å². The Bertz CT molecular complexity index is 405. The minimum atomic E-state index is 0.779. The summed E-state index contributed by atoms with van der Waals surface area (Å²) in [5, 5.41) is 4.19. The number of benzene rings is 1. The molecule has 0 aliphatic carbocycles. The molecule has 1 saturated heterocycles. The third-order valence-corrected chi connectivity index (χ3v) is 4.04. The lowest BCUT2D eigenvalue weighted by Gasteiger charge is -2.33. The summed E-state index contributed by atoms with van der Waals surface area (Å²) in [7, 11) is 1.73. The summed E-state index contributed by atoms with van der Waals surface area (Å²) in [6.07, 6.45) is 0.992. The van der Waals surface area contributed by atoms with Gasteiger partial charge in [0.25, 0.3) is 0 Å². The first-order chi connectivity index (χ1) is 9.81. The van der Waals surface area contributed by atoms with E-state index in [4.69, 9.17) is 17.0 Å². The van der Waals surface area contributed by atoms with Crippen LogP contribution in [0.5, 0.6) is 0 Å². The van der Waals surface area contributed by atoms with E-state index in [1.807, 2.05) is 0 Å². The average Bonchev–Trinajstić information content (AvgIpc) is 2.52. The lowest BCUT2D eigenvalue weighted by Crippen LogP contribution is -3.10. The second-order valence-electron chi connectivity index (χ2n) is 5.03. The maximum atomic E-state index is 5.44. The molecule has 0 aromatic heterocycles. The minimum absolute atomic E-state index is 0.779. The minimum Gasteiger partial charge on any atom is -0.385 e. The predicted octanol–water partition coefficient (Wildman–Crippen LogP) is 0.430. The van der Waals surface area contributed by atoms with E-state index < -0.39 is 0 Å². The summed E-state index contributed by atoms with van der Waals surface area (Å²) in [6, 6.07) is 10.7. The Balaban J connectivity index is 1.72. The van der Waals surface area contributed by atoms with E-state index in [9.17, 15) is 0 Å². The first-order valence-electron chi connectivity index (χ1n) is 7.23. The van der Waals surface area contributed by atoms with Gasteiger partial charge >= 0.3 is 0 Å². The van der Waals surface area contributed by atoms with Crippen molar-refractivity contribution in [3.63, 3.8) is 0 Å². The van der Waals surface area contributed by atoms with Crippen LogP contribution in [0.4, 0.5) is 5.69 Å². The Morgan fingerprint density at radius 1 is 1.30 bits per heavy atom.